The maximum Gasteiger partial charge on any atom is 0.243 e. The Kier molecular flexibility index (Phi) is 6.80. The molecular formula is C29H29N7O2S. The standard InChI is InChI=1S/C29H29N7O2S/c1-20-18-26(28-25(31-20)10-7-11-27(28)39(37,38)36-16-5-2-6-17-36)30-19-21-12-14-22(15-13-21)23-8-3-4-9-24(23)29-32-34-35-33-29/h3-4,7-15,18H,2,5-6,16-17,19H2,1H3,(H,30,31)(H,32,33,34,35). The lowest BCUT2D eigenvalue weighted by Gasteiger charge is -2.26. The van der Waals surface area contributed by atoms with E-state index in [2.05, 4.69) is 55.2 Å². The summed E-state index contributed by atoms with van der Waals surface area (Å²) in [6.45, 7) is 3.57. The molecule has 1 saturated heterocycles. The molecule has 0 radical (unpaired) electrons. The molecule has 3 heterocycles. The number of hydrogen-bond donors (Lipinski definition) is 2. The lowest BCUT2D eigenvalue weighted by molar-refractivity contribution is 0.347. The van der Waals surface area contributed by atoms with Crippen molar-refractivity contribution in [2.75, 3.05) is 18.4 Å². The van der Waals surface area contributed by atoms with E-state index in [0.717, 1.165) is 52.9 Å². The fourth-order valence-electron chi connectivity index (χ4n) is 5.20. The van der Waals surface area contributed by atoms with Crippen molar-refractivity contribution in [3.05, 3.63) is 84.1 Å². The number of sulfonamides is 1. The van der Waals surface area contributed by atoms with Crippen molar-refractivity contribution in [3.8, 4) is 22.5 Å². The summed E-state index contributed by atoms with van der Waals surface area (Å²) in [6, 6.07) is 23.5. The van der Waals surface area contributed by atoms with Gasteiger partial charge in [-0.05, 0) is 65.1 Å². The van der Waals surface area contributed by atoms with Gasteiger partial charge in [0.05, 0.1) is 10.4 Å². The molecule has 1 fully saturated rings. The van der Waals surface area contributed by atoms with Crippen LogP contribution in [0.4, 0.5) is 5.69 Å². The van der Waals surface area contributed by atoms with Gasteiger partial charge in [0.25, 0.3) is 0 Å². The predicted molar refractivity (Wildman–Crippen MR) is 151 cm³/mol. The number of anilines is 1. The van der Waals surface area contributed by atoms with Crippen molar-refractivity contribution in [3.63, 3.8) is 0 Å². The monoisotopic (exact) mass is 539 g/mol. The normalized spacial score (nSPS) is 14.5. The number of tetrazole rings is 1. The van der Waals surface area contributed by atoms with Gasteiger partial charge in [0.2, 0.25) is 10.0 Å². The van der Waals surface area contributed by atoms with Crippen LogP contribution in [0.2, 0.25) is 0 Å². The van der Waals surface area contributed by atoms with E-state index in [1.54, 1.807) is 16.4 Å². The summed E-state index contributed by atoms with van der Waals surface area (Å²) >= 11 is 0. The number of rotatable bonds is 7. The van der Waals surface area contributed by atoms with E-state index in [9.17, 15) is 8.42 Å². The zero-order chi connectivity index (χ0) is 26.8. The van der Waals surface area contributed by atoms with Gasteiger partial charge in [0.1, 0.15) is 0 Å². The van der Waals surface area contributed by atoms with Crippen LogP contribution >= 0.6 is 0 Å². The van der Waals surface area contributed by atoms with Gasteiger partial charge in [-0.2, -0.15) is 4.31 Å². The predicted octanol–water partition coefficient (Wildman–Crippen LogP) is 5.18. The van der Waals surface area contributed by atoms with E-state index in [1.165, 1.54) is 0 Å². The smallest absolute Gasteiger partial charge is 0.243 e. The average molecular weight is 540 g/mol. The minimum atomic E-state index is -3.63. The maximum absolute atomic E-state index is 13.7. The molecule has 0 unspecified atom stereocenters. The van der Waals surface area contributed by atoms with Crippen LogP contribution in [0.3, 0.4) is 0 Å². The fraction of sp³-hybridized carbons (Fsp3) is 0.241. The number of aromatic amines is 1. The molecule has 0 spiro atoms. The Morgan fingerprint density at radius 1 is 0.923 bits per heavy atom. The number of nitrogens with zero attached hydrogens (tertiary/aromatic N) is 5. The molecule has 0 aliphatic carbocycles. The van der Waals surface area contributed by atoms with E-state index < -0.39 is 10.0 Å². The van der Waals surface area contributed by atoms with Gasteiger partial charge in [-0.25, -0.2) is 13.5 Å². The number of fused-ring (bicyclic) bond motifs is 1. The van der Waals surface area contributed by atoms with Crippen molar-refractivity contribution in [1.29, 1.82) is 0 Å². The summed E-state index contributed by atoms with van der Waals surface area (Å²) in [4.78, 5) is 4.96. The van der Waals surface area contributed by atoms with Crippen LogP contribution in [0.15, 0.2) is 77.7 Å². The minimum absolute atomic E-state index is 0.311. The summed E-state index contributed by atoms with van der Waals surface area (Å²) in [5.41, 5.74) is 6.33. The summed E-state index contributed by atoms with van der Waals surface area (Å²) in [7, 11) is -3.63. The Balaban J connectivity index is 1.29. The highest BCUT2D eigenvalue weighted by Crippen LogP contribution is 2.33. The first kappa shape index (κ1) is 25.1. The molecule has 2 aromatic heterocycles. The number of H-pyrrole nitrogens is 1. The topological polar surface area (TPSA) is 117 Å². The number of piperidine rings is 1. The lowest BCUT2D eigenvalue weighted by atomic mass is 9.98. The van der Waals surface area contributed by atoms with Crippen molar-refractivity contribution in [2.45, 2.75) is 37.6 Å². The molecule has 1 aliphatic heterocycles. The molecule has 3 aromatic carbocycles. The Bertz CT molecular complexity index is 1710. The van der Waals surface area contributed by atoms with Crippen molar-refractivity contribution < 1.29 is 8.42 Å². The first-order valence-corrected chi connectivity index (χ1v) is 14.5. The molecule has 10 heteroatoms. The third kappa shape index (κ3) is 5.00. The molecule has 39 heavy (non-hydrogen) atoms. The van der Waals surface area contributed by atoms with Crippen LogP contribution in [-0.2, 0) is 16.6 Å². The molecule has 0 saturated carbocycles. The summed E-state index contributed by atoms with van der Waals surface area (Å²) in [5, 5.41) is 18.4. The SMILES string of the molecule is Cc1cc(NCc2ccc(-c3ccccc3-c3nnn[nH]3)cc2)c2c(S(=O)(=O)N3CCCCC3)cccc2n1. The highest BCUT2D eigenvalue weighted by Gasteiger charge is 2.28. The van der Waals surface area contributed by atoms with Gasteiger partial charge >= 0.3 is 0 Å². The van der Waals surface area contributed by atoms with Crippen LogP contribution in [0.5, 0.6) is 0 Å². The molecule has 198 valence electrons. The highest BCUT2D eigenvalue weighted by atomic mass is 32.2. The Labute approximate surface area is 227 Å². The summed E-state index contributed by atoms with van der Waals surface area (Å²) in [5.74, 6) is 0.617. The van der Waals surface area contributed by atoms with E-state index >= 15 is 0 Å². The van der Waals surface area contributed by atoms with E-state index in [1.807, 2.05) is 43.3 Å². The highest BCUT2D eigenvalue weighted by molar-refractivity contribution is 7.89. The Morgan fingerprint density at radius 2 is 1.69 bits per heavy atom. The van der Waals surface area contributed by atoms with Gasteiger partial charge in [0.15, 0.2) is 5.82 Å². The molecule has 2 N–H and O–H groups in total. The largest absolute Gasteiger partial charge is 0.380 e. The van der Waals surface area contributed by atoms with Crippen molar-refractivity contribution >= 4 is 26.6 Å². The second kappa shape index (κ2) is 10.5. The summed E-state index contributed by atoms with van der Waals surface area (Å²) in [6.07, 6.45) is 2.85. The zero-order valence-electron chi connectivity index (χ0n) is 21.6. The van der Waals surface area contributed by atoms with Gasteiger partial charge in [-0.15, -0.1) is 5.10 Å². The second-order valence-corrected chi connectivity index (χ2v) is 11.7. The van der Waals surface area contributed by atoms with Crippen molar-refractivity contribution in [2.24, 2.45) is 0 Å². The van der Waals surface area contributed by atoms with E-state index in [4.69, 9.17) is 0 Å². The third-order valence-corrected chi connectivity index (χ3v) is 9.07. The van der Waals surface area contributed by atoms with Crippen LogP contribution in [0.25, 0.3) is 33.4 Å². The number of hydrogen-bond acceptors (Lipinski definition) is 7. The molecule has 9 nitrogen and oxygen atoms in total. The number of aryl methyl sites for hydroxylation is 1. The zero-order valence-corrected chi connectivity index (χ0v) is 22.4. The summed E-state index contributed by atoms with van der Waals surface area (Å²) < 4.78 is 28.9. The molecular weight excluding hydrogens is 510 g/mol. The van der Waals surface area contributed by atoms with Crippen LogP contribution in [-0.4, -0.2) is 51.4 Å². The molecule has 6 rings (SSSR count). The Hall–Kier alpha value is -4.15. The number of aromatic nitrogens is 5. The fourth-order valence-corrected chi connectivity index (χ4v) is 6.94. The van der Waals surface area contributed by atoms with E-state index in [-0.39, 0.29) is 0 Å². The maximum atomic E-state index is 13.7. The molecule has 0 bridgehead atoms. The van der Waals surface area contributed by atoms with Crippen LogP contribution in [0, 0.1) is 6.92 Å². The second-order valence-electron chi connectivity index (χ2n) is 9.77. The quantitative estimate of drug-likeness (QED) is 0.293. The first-order chi connectivity index (χ1) is 19.0. The van der Waals surface area contributed by atoms with Crippen molar-refractivity contribution in [1.82, 2.24) is 29.9 Å². The number of nitrogens with one attached hydrogen (secondary N) is 2. The minimum Gasteiger partial charge on any atom is -0.380 e. The van der Waals surface area contributed by atoms with Crippen LogP contribution < -0.4 is 5.32 Å². The molecule has 1 aliphatic rings. The van der Waals surface area contributed by atoms with E-state index in [0.29, 0.717) is 41.3 Å². The average Bonchev–Trinajstić information content (AvgIpc) is 3.51. The first-order valence-electron chi connectivity index (χ1n) is 13.1. The number of pyridine rings is 1. The van der Waals surface area contributed by atoms with Gasteiger partial charge in [-0.1, -0.05) is 61.0 Å². The number of benzene rings is 3. The lowest BCUT2D eigenvalue weighted by Crippen LogP contribution is -2.35. The molecule has 0 amide bonds. The Morgan fingerprint density at radius 3 is 2.44 bits per heavy atom. The van der Waals surface area contributed by atoms with Gasteiger partial charge in [-0.3, -0.25) is 4.98 Å². The van der Waals surface area contributed by atoms with Gasteiger partial charge in [0, 0.05) is 42.0 Å². The molecule has 0 atom stereocenters. The van der Waals surface area contributed by atoms with Crippen LogP contribution in [0.1, 0.15) is 30.5 Å². The molecule has 5 aromatic rings. The third-order valence-electron chi connectivity index (χ3n) is 7.13. The van der Waals surface area contributed by atoms with Gasteiger partial charge < -0.3 is 5.32 Å².